The molecular weight excluding hydrogens is 224 g/mol. The molecule has 0 radical (unpaired) electrons. The van der Waals surface area contributed by atoms with Gasteiger partial charge in [-0.25, -0.2) is 9.59 Å². The predicted molar refractivity (Wildman–Crippen MR) is 61.9 cm³/mol. The lowest BCUT2D eigenvalue weighted by Crippen LogP contribution is -2.58. The molecule has 2 amide bonds. The van der Waals surface area contributed by atoms with Crippen LogP contribution in [0, 0.1) is 0 Å². The molecule has 0 aromatic heterocycles. The van der Waals surface area contributed by atoms with Crippen molar-refractivity contribution < 1.29 is 19.4 Å². The number of unbranched alkanes of at least 4 members (excludes halogenated alkanes) is 1. The second kappa shape index (κ2) is 5.86. The van der Waals surface area contributed by atoms with E-state index in [1.54, 1.807) is 7.05 Å². The normalized spacial score (nSPS) is 23.4. The zero-order valence-electron chi connectivity index (χ0n) is 10.4. The van der Waals surface area contributed by atoms with E-state index in [4.69, 9.17) is 9.84 Å². The number of carboxylic acids is 1. The van der Waals surface area contributed by atoms with Crippen molar-refractivity contribution in [2.24, 2.45) is 0 Å². The molecule has 6 nitrogen and oxygen atoms in total. The number of ether oxygens (including phenoxy) is 1. The number of urea groups is 1. The number of carbonyl (C=O) groups is 2. The molecule has 6 heteroatoms. The molecule has 98 valence electrons. The molecule has 0 aromatic carbocycles. The Morgan fingerprint density at radius 3 is 2.71 bits per heavy atom. The van der Waals surface area contributed by atoms with Gasteiger partial charge in [0.05, 0.1) is 6.61 Å². The molecule has 17 heavy (non-hydrogen) atoms. The fraction of sp³-hybridized carbons (Fsp3) is 0.818. The third-order valence-corrected chi connectivity index (χ3v) is 2.97. The number of nitrogens with zero attached hydrogens (tertiary/aromatic N) is 1. The SMILES string of the molecule is CCCCN(C)C(=O)NC1(C(=O)O)CCOC1. The van der Waals surface area contributed by atoms with Crippen LogP contribution in [0.25, 0.3) is 0 Å². The van der Waals surface area contributed by atoms with Gasteiger partial charge in [0.2, 0.25) is 0 Å². The summed E-state index contributed by atoms with van der Waals surface area (Å²) < 4.78 is 5.07. The van der Waals surface area contributed by atoms with Gasteiger partial charge in [0, 0.05) is 26.6 Å². The molecule has 1 saturated heterocycles. The van der Waals surface area contributed by atoms with Gasteiger partial charge in [-0.05, 0) is 6.42 Å². The Kier molecular flexibility index (Phi) is 4.74. The zero-order valence-corrected chi connectivity index (χ0v) is 10.4. The van der Waals surface area contributed by atoms with Crippen molar-refractivity contribution in [1.29, 1.82) is 0 Å². The minimum absolute atomic E-state index is 0.0374. The first kappa shape index (κ1) is 13.8. The molecule has 0 aliphatic carbocycles. The lowest BCUT2D eigenvalue weighted by molar-refractivity contribution is -0.144. The molecule has 1 aliphatic heterocycles. The molecule has 1 heterocycles. The van der Waals surface area contributed by atoms with Crippen LogP contribution in [0.3, 0.4) is 0 Å². The van der Waals surface area contributed by atoms with Crippen molar-refractivity contribution in [3.05, 3.63) is 0 Å². The minimum Gasteiger partial charge on any atom is -0.479 e. The Hall–Kier alpha value is -1.30. The quantitative estimate of drug-likeness (QED) is 0.745. The van der Waals surface area contributed by atoms with Crippen LogP contribution in [-0.2, 0) is 9.53 Å². The van der Waals surface area contributed by atoms with Crippen LogP contribution in [0.2, 0.25) is 0 Å². The minimum atomic E-state index is -1.25. The monoisotopic (exact) mass is 244 g/mol. The number of carboxylic acid groups (broad SMARTS) is 1. The highest BCUT2D eigenvalue weighted by molar-refractivity contribution is 5.86. The summed E-state index contributed by atoms with van der Waals surface area (Å²) in [6.07, 6.45) is 2.21. The molecule has 0 saturated carbocycles. The summed E-state index contributed by atoms with van der Waals surface area (Å²) in [7, 11) is 1.66. The van der Waals surface area contributed by atoms with Gasteiger partial charge in [0.1, 0.15) is 0 Å². The fourth-order valence-electron chi connectivity index (χ4n) is 1.68. The van der Waals surface area contributed by atoms with E-state index < -0.39 is 11.5 Å². The van der Waals surface area contributed by atoms with Gasteiger partial charge in [-0.3, -0.25) is 0 Å². The first-order chi connectivity index (χ1) is 8.02. The van der Waals surface area contributed by atoms with Crippen LogP contribution in [0.1, 0.15) is 26.2 Å². The van der Waals surface area contributed by atoms with E-state index >= 15 is 0 Å². The van der Waals surface area contributed by atoms with Gasteiger partial charge in [-0.1, -0.05) is 13.3 Å². The lowest BCUT2D eigenvalue weighted by Gasteiger charge is -2.27. The number of hydrogen-bond donors (Lipinski definition) is 2. The Balaban J connectivity index is 2.56. The molecule has 1 aliphatic rings. The standard InChI is InChI=1S/C11H20N2O4/c1-3-4-6-13(2)10(16)12-11(9(14)15)5-7-17-8-11/h3-8H2,1-2H3,(H,12,16)(H,14,15). The van der Waals surface area contributed by atoms with Crippen LogP contribution in [-0.4, -0.2) is 54.4 Å². The molecule has 0 aromatic rings. The molecule has 0 spiro atoms. The second-order valence-electron chi connectivity index (χ2n) is 4.40. The highest BCUT2D eigenvalue weighted by atomic mass is 16.5. The Morgan fingerprint density at radius 2 is 2.24 bits per heavy atom. The van der Waals surface area contributed by atoms with Crippen molar-refractivity contribution >= 4 is 12.0 Å². The zero-order chi connectivity index (χ0) is 12.9. The Morgan fingerprint density at radius 1 is 1.53 bits per heavy atom. The molecule has 1 atom stereocenters. The van der Waals surface area contributed by atoms with Crippen molar-refractivity contribution in [2.75, 3.05) is 26.8 Å². The molecule has 1 rings (SSSR count). The van der Waals surface area contributed by atoms with E-state index in [1.807, 2.05) is 6.92 Å². The summed E-state index contributed by atoms with van der Waals surface area (Å²) in [4.78, 5) is 24.5. The van der Waals surface area contributed by atoms with Gasteiger partial charge in [-0.15, -0.1) is 0 Å². The Labute approximate surface area is 101 Å². The average Bonchev–Trinajstić information content (AvgIpc) is 2.75. The molecular formula is C11H20N2O4. The van der Waals surface area contributed by atoms with E-state index in [9.17, 15) is 9.59 Å². The number of aliphatic carboxylic acids is 1. The summed E-state index contributed by atoms with van der Waals surface area (Å²) in [6, 6.07) is -0.355. The van der Waals surface area contributed by atoms with Crippen LogP contribution >= 0.6 is 0 Å². The van der Waals surface area contributed by atoms with Crippen molar-refractivity contribution in [1.82, 2.24) is 10.2 Å². The maximum atomic E-state index is 11.8. The van der Waals surface area contributed by atoms with Crippen LogP contribution < -0.4 is 5.32 Å². The van der Waals surface area contributed by atoms with E-state index in [1.165, 1.54) is 4.90 Å². The summed E-state index contributed by atoms with van der Waals surface area (Å²) >= 11 is 0. The first-order valence-corrected chi connectivity index (χ1v) is 5.86. The van der Waals surface area contributed by atoms with Crippen LogP contribution in [0.15, 0.2) is 0 Å². The van der Waals surface area contributed by atoms with Crippen LogP contribution in [0.5, 0.6) is 0 Å². The van der Waals surface area contributed by atoms with E-state index in [2.05, 4.69) is 5.32 Å². The summed E-state index contributed by atoms with van der Waals surface area (Å²) in [6.45, 7) is 3.06. The van der Waals surface area contributed by atoms with E-state index in [0.717, 1.165) is 12.8 Å². The molecule has 1 fully saturated rings. The predicted octanol–water partition coefficient (Wildman–Crippen LogP) is 0.672. The van der Waals surface area contributed by atoms with Gasteiger partial charge in [-0.2, -0.15) is 0 Å². The lowest BCUT2D eigenvalue weighted by atomic mass is 9.99. The van der Waals surface area contributed by atoms with Crippen LogP contribution in [0.4, 0.5) is 4.79 Å². The number of hydrogen-bond acceptors (Lipinski definition) is 3. The highest BCUT2D eigenvalue weighted by Crippen LogP contribution is 2.19. The Bertz CT molecular complexity index is 287. The fourth-order valence-corrected chi connectivity index (χ4v) is 1.68. The van der Waals surface area contributed by atoms with Crippen molar-refractivity contribution in [3.63, 3.8) is 0 Å². The first-order valence-electron chi connectivity index (χ1n) is 5.86. The smallest absolute Gasteiger partial charge is 0.332 e. The van der Waals surface area contributed by atoms with Crippen molar-refractivity contribution in [2.45, 2.75) is 31.7 Å². The average molecular weight is 244 g/mol. The maximum absolute atomic E-state index is 11.8. The summed E-state index contributed by atoms with van der Waals surface area (Å²) in [5.74, 6) is -1.03. The second-order valence-corrected chi connectivity index (χ2v) is 4.40. The number of rotatable bonds is 5. The largest absolute Gasteiger partial charge is 0.479 e. The maximum Gasteiger partial charge on any atom is 0.332 e. The number of amides is 2. The topological polar surface area (TPSA) is 78.9 Å². The summed E-state index contributed by atoms with van der Waals surface area (Å²) in [5.41, 5.74) is -1.25. The number of nitrogens with one attached hydrogen (secondary N) is 1. The van der Waals surface area contributed by atoms with E-state index in [-0.39, 0.29) is 12.6 Å². The number of carbonyl (C=O) groups excluding carboxylic acids is 1. The highest BCUT2D eigenvalue weighted by Gasteiger charge is 2.44. The van der Waals surface area contributed by atoms with Gasteiger partial charge < -0.3 is 20.1 Å². The molecule has 0 bridgehead atoms. The molecule has 2 N–H and O–H groups in total. The van der Waals surface area contributed by atoms with Crippen molar-refractivity contribution in [3.8, 4) is 0 Å². The van der Waals surface area contributed by atoms with Gasteiger partial charge >= 0.3 is 12.0 Å². The third kappa shape index (κ3) is 3.33. The van der Waals surface area contributed by atoms with Gasteiger partial charge in [0.25, 0.3) is 0 Å². The molecule has 1 unspecified atom stereocenters. The summed E-state index contributed by atoms with van der Waals surface area (Å²) in [5, 5.41) is 11.7. The van der Waals surface area contributed by atoms with Gasteiger partial charge in [0.15, 0.2) is 5.54 Å². The third-order valence-electron chi connectivity index (χ3n) is 2.97. The van der Waals surface area contributed by atoms with E-state index in [0.29, 0.717) is 19.6 Å².